The highest BCUT2D eigenvalue weighted by Gasteiger charge is 2.25. The minimum Gasteiger partial charge on any atom is -0.438 e. The number of rotatable bonds is 3. The molecule has 0 bridgehead atoms. The van der Waals surface area contributed by atoms with Gasteiger partial charge >= 0.3 is 0 Å². The predicted octanol–water partition coefficient (Wildman–Crippen LogP) is 2.16. The van der Waals surface area contributed by atoms with Crippen molar-refractivity contribution in [3.8, 4) is 0 Å². The van der Waals surface area contributed by atoms with Crippen molar-refractivity contribution in [2.75, 3.05) is 13.1 Å². The number of carbonyl (C=O) groups excluding carboxylic acids is 1. The van der Waals surface area contributed by atoms with Gasteiger partial charge in [-0.2, -0.15) is 0 Å². The Bertz CT molecular complexity index is 546. The Morgan fingerprint density at radius 2 is 2.20 bits per heavy atom. The highest BCUT2D eigenvalue weighted by Crippen LogP contribution is 2.22. The average Bonchev–Trinajstić information content (AvgIpc) is 3.03. The number of oxazole rings is 1. The fourth-order valence-corrected chi connectivity index (χ4v) is 2.63. The summed E-state index contributed by atoms with van der Waals surface area (Å²) in [5.41, 5.74) is 1.13. The van der Waals surface area contributed by atoms with Gasteiger partial charge in [0.2, 0.25) is 5.76 Å². The number of aromatic nitrogens is 2. The quantitative estimate of drug-likeness (QED) is 0.858. The van der Waals surface area contributed by atoms with Crippen molar-refractivity contribution in [2.24, 2.45) is 5.92 Å². The summed E-state index contributed by atoms with van der Waals surface area (Å²) in [6.07, 6.45) is 7.61. The van der Waals surface area contributed by atoms with Crippen LogP contribution in [0.25, 0.3) is 0 Å². The van der Waals surface area contributed by atoms with Crippen LogP contribution in [0.15, 0.2) is 41.4 Å². The van der Waals surface area contributed by atoms with Crippen molar-refractivity contribution in [2.45, 2.75) is 19.3 Å². The molecule has 0 aliphatic carbocycles. The third-order valence-electron chi connectivity index (χ3n) is 3.77. The van der Waals surface area contributed by atoms with Gasteiger partial charge in [0, 0.05) is 25.0 Å². The molecule has 1 saturated heterocycles. The van der Waals surface area contributed by atoms with E-state index in [4.69, 9.17) is 4.42 Å². The molecule has 0 N–H and O–H groups in total. The third-order valence-corrected chi connectivity index (χ3v) is 3.77. The largest absolute Gasteiger partial charge is 0.438 e. The lowest BCUT2D eigenvalue weighted by atomic mass is 9.92. The van der Waals surface area contributed by atoms with Gasteiger partial charge in [-0.25, -0.2) is 4.98 Å². The monoisotopic (exact) mass is 271 g/mol. The second kappa shape index (κ2) is 5.86. The smallest absolute Gasteiger partial charge is 0.291 e. The lowest BCUT2D eigenvalue weighted by molar-refractivity contribution is 0.0658. The van der Waals surface area contributed by atoms with Gasteiger partial charge in [-0.1, -0.05) is 6.07 Å². The Hall–Kier alpha value is -2.17. The van der Waals surface area contributed by atoms with Crippen molar-refractivity contribution in [3.05, 3.63) is 48.4 Å². The van der Waals surface area contributed by atoms with Crippen molar-refractivity contribution >= 4 is 5.91 Å². The topological polar surface area (TPSA) is 59.2 Å². The maximum atomic E-state index is 12.1. The molecule has 0 unspecified atom stereocenters. The van der Waals surface area contributed by atoms with Crippen LogP contribution in [-0.2, 0) is 6.42 Å². The molecule has 0 spiro atoms. The highest BCUT2D eigenvalue weighted by atomic mass is 16.3. The van der Waals surface area contributed by atoms with E-state index >= 15 is 0 Å². The van der Waals surface area contributed by atoms with E-state index in [0.29, 0.717) is 11.7 Å². The van der Waals surface area contributed by atoms with Crippen molar-refractivity contribution < 1.29 is 9.21 Å². The second-order valence-corrected chi connectivity index (χ2v) is 5.13. The molecule has 1 aliphatic rings. The van der Waals surface area contributed by atoms with Crippen LogP contribution in [0.2, 0.25) is 0 Å². The van der Waals surface area contributed by atoms with Crippen LogP contribution in [0.3, 0.4) is 0 Å². The Morgan fingerprint density at radius 1 is 1.35 bits per heavy atom. The number of nitrogens with zero attached hydrogens (tertiary/aromatic N) is 3. The van der Waals surface area contributed by atoms with Gasteiger partial charge in [-0.15, -0.1) is 0 Å². The number of carbonyl (C=O) groups is 1. The summed E-state index contributed by atoms with van der Waals surface area (Å²) in [4.78, 5) is 22.1. The summed E-state index contributed by atoms with van der Waals surface area (Å²) >= 11 is 0. The van der Waals surface area contributed by atoms with E-state index in [9.17, 15) is 4.79 Å². The zero-order valence-electron chi connectivity index (χ0n) is 11.2. The number of piperidine rings is 1. The molecule has 0 radical (unpaired) electrons. The normalized spacial score (nSPS) is 16.3. The summed E-state index contributed by atoms with van der Waals surface area (Å²) in [7, 11) is 0. The highest BCUT2D eigenvalue weighted by molar-refractivity contribution is 5.91. The first-order valence-electron chi connectivity index (χ1n) is 6.90. The molecule has 1 amide bonds. The van der Waals surface area contributed by atoms with Gasteiger partial charge < -0.3 is 9.32 Å². The summed E-state index contributed by atoms with van der Waals surface area (Å²) in [5.74, 6) is 0.871. The first kappa shape index (κ1) is 12.8. The van der Waals surface area contributed by atoms with Gasteiger partial charge in [-0.3, -0.25) is 9.78 Å². The van der Waals surface area contributed by atoms with Gasteiger partial charge in [0.25, 0.3) is 5.91 Å². The fourth-order valence-electron chi connectivity index (χ4n) is 2.63. The molecule has 3 heterocycles. The number of hydrogen-bond donors (Lipinski definition) is 0. The van der Waals surface area contributed by atoms with E-state index in [2.05, 4.69) is 16.0 Å². The summed E-state index contributed by atoms with van der Waals surface area (Å²) in [5, 5.41) is 0. The SMILES string of the molecule is O=C(c1cnco1)N1CCC(Cc2ccccn2)CC1. The van der Waals surface area contributed by atoms with E-state index in [1.165, 1.54) is 12.6 Å². The Morgan fingerprint density at radius 3 is 2.85 bits per heavy atom. The summed E-state index contributed by atoms with van der Waals surface area (Å²) in [6, 6.07) is 6.01. The molecule has 0 aromatic carbocycles. The molecule has 5 heteroatoms. The maximum Gasteiger partial charge on any atom is 0.291 e. The van der Waals surface area contributed by atoms with E-state index in [1.54, 1.807) is 0 Å². The fraction of sp³-hybridized carbons (Fsp3) is 0.400. The molecule has 20 heavy (non-hydrogen) atoms. The van der Waals surface area contributed by atoms with Crippen molar-refractivity contribution in [1.29, 1.82) is 0 Å². The molecule has 3 rings (SSSR count). The maximum absolute atomic E-state index is 12.1. The van der Waals surface area contributed by atoms with E-state index in [1.807, 2.05) is 23.2 Å². The van der Waals surface area contributed by atoms with Crippen LogP contribution in [0.1, 0.15) is 29.1 Å². The number of pyridine rings is 1. The number of likely N-dealkylation sites (tertiary alicyclic amines) is 1. The van der Waals surface area contributed by atoms with Crippen molar-refractivity contribution in [3.63, 3.8) is 0 Å². The Labute approximate surface area is 117 Å². The molecule has 2 aromatic heterocycles. The molecule has 5 nitrogen and oxygen atoms in total. The summed E-state index contributed by atoms with van der Waals surface area (Å²) in [6.45, 7) is 1.55. The molecule has 0 saturated carbocycles. The zero-order chi connectivity index (χ0) is 13.8. The standard InChI is InChI=1S/C15H17N3O2/c19-15(14-10-16-11-20-14)18-7-4-12(5-8-18)9-13-3-1-2-6-17-13/h1-3,6,10-12H,4-5,7-9H2. The summed E-state index contributed by atoms with van der Waals surface area (Å²) < 4.78 is 5.06. The van der Waals surface area contributed by atoms with Crippen LogP contribution in [0.5, 0.6) is 0 Å². The lowest BCUT2D eigenvalue weighted by Gasteiger charge is -2.31. The van der Waals surface area contributed by atoms with Gasteiger partial charge in [0.15, 0.2) is 6.39 Å². The number of amides is 1. The van der Waals surface area contributed by atoms with E-state index in [-0.39, 0.29) is 5.91 Å². The van der Waals surface area contributed by atoms with Gasteiger partial charge in [-0.05, 0) is 37.3 Å². The van der Waals surface area contributed by atoms with Crippen LogP contribution in [-0.4, -0.2) is 33.9 Å². The Kier molecular flexibility index (Phi) is 3.76. The van der Waals surface area contributed by atoms with E-state index in [0.717, 1.165) is 38.0 Å². The van der Waals surface area contributed by atoms with Crippen LogP contribution >= 0.6 is 0 Å². The van der Waals surface area contributed by atoms with Gasteiger partial charge in [0.05, 0.1) is 6.20 Å². The lowest BCUT2D eigenvalue weighted by Crippen LogP contribution is -2.38. The molecule has 1 aliphatic heterocycles. The van der Waals surface area contributed by atoms with Crippen LogP contribution in [0.4, 0.5) is 0 Å². The zero-order valence-corrected chi connectivity index (χ0v) is 11.2. The first-order valence-corrected chi connectivity index (χ1v) is 6.90. The molecule has 2 aromatic rings. The first-order chi connectivity index (χ1) is 9.83. The molecular formula is C15H17N3O2. The van der Waals surface area contributed by atoms with Gasteiger partial charge in [0.1, 0.15) is 0 Å². The minimum absolute atomic E-state index is 0.0567. The van der Waals surface area contributed by atoms with Crippen LogP contribution in [0, 0.1) is 5.92 Å². The molecule has 104 valence electrons. The Balaban J connectivity index is 1.53. The van der Waals surface area contributed by atoms with E-state index < -0.39 is 0 Å². The molecule has 1 fully saturated rings. The van der Waals surface area contributed by atoms with Crippen LogP contribution < -0.4 is 0 Å². The second-order valence-electron chi connectivity index (χ2n) is 5.13. The average molecular weight is 271 g/mol. The predicted molar refractivity (Wildman–Crippen MR) is 73.1 cm³/mol. The minimum atomic E-state index is -0.0567. The number of hydrogen-bond acceptors (Lipinski definition) is 4. The third kappa shape index (κ3) is 2.87. The van der Waals surface area contributed by atoms with Crippen molar-refractivity contribution in [1.82, 2.24) is 14.9 Å². The molecule has 0 atom stereocenters. The molecular weight excluding hydrogens is 254 g/mol.